The Balaban J connectivity index is 1.72. The molecule has 3 rings (SSSR count). The van der Waals surface area contributed by atoms with E-state index in [9.17, 15) is 9.59 Å². The molecule has 1 aromatic rings. The van der Waals surface area contributed by atoms with E-state index in [2.05, 4.69) is 10.6 Å². The number of ether oxygens (including phenoxy) is 2. The molecule has 7 heteroatoms. The highest BCUT2D eigenvalue weighted by atomic mass is 16.6. The van der Waals surface area contributed by atoms with Crippen molar-refractivity contribution in [3.63, 3.8) is 0 Å². The third-order valence-corrected chi connectivity index (χ3v) is 3.71. The second kappa shape index (κ2) is 6.23. The molecule has 1 atom stereocenters. The van der Waals surface area contributed by atoms with E-state index in [0.29, 0.717) is 19.8 Å². The van der Waals surface area contributed by atoms with Crippen molar-refractivity contribution in [1.82, 2.24) is 10.6 Å². The molecule has 22 heavy (non-hydrogen) atoms. The van der Waals surface area contributed by atoms with Crippen molar-refractivity contribution in [2.45, 2.75) is 19.4 Å². The van der Waals surface area contributed by atoms with Gasteiger partial charge in [0, 0.05) is 19.2 Å². The Hall–Kier alpha value is -2.28. The maximum absolute atomic E-state index is 12.0. The van der Waals surface area contributed by atoms with Crippen molar-refractivity contribution >= 4 is 17.7 Å². The highest BCUT2D eigenvalue weighted by molar-refractivity contribution is 5.90. The maximum atomic E-state index is 12.0. The first-order valence-electron chi connectivity index (χ1n) is 7.32. The van der Waals surface area contributed by atoms with Gasteiger partial charge >= 0.3 is 6.09 Å². The van der Waals surface area contributed by atoms with Crippen molar-refractivity contribution in [2.75, 3.05) is 31.3 Å². The molecule has 0 aromatic heterocycles. The van der Waals surface area contributed by atoms with Crippen LogP contribution >= 0.6 is 0 Å². The van der Waals surface area contributed by atoms with E-state index < -0.39 is 0 Å². The molecule has 7 nitrogen and oxygen atoms in total. The second-order valence-electron chi connectivity index (χ2n) is 5.38. The van der Waals surface area contributed by atoms with E-state index in [0.717, 1.165) is 30.0 Å². The van der Waals surface area contributed by atoms with E-state index in [1.54, 1.807) is 4.90 Å². The first kappa shape index (κ1) is 14.6. The fourth-order valence-electron chi connectivity index (χ4n) is 2.59. The SMILES string of the molecule is CC(=O)NCC1CN(c2ccc3c(c2)CCNCO3)C(=O)O1. The Labute approximate surface area is 128 Å². The van der Waals surface area contributed by atoms with Gasteiger partial charge in [-0.1, -0.05) is 0 Å². The monoisotopic (exact) mass is 305 g/mol. The zero-order valence-corrected chi connectivity index (χ0v) is 12.4. The van der Waals surface area contributed by atoms with Gasteiger partial charge < -0.3 is 14.8 Å². The van der Waals surface area contributed by atoms with Crippen LogP contribution in [0.2, 0.25) is 0 Å². The molecular formula is C15H19N3O4. The molecule has 0 saturated carbocycles. The van der Waals surface area contributed by atoms with Crippen LogP contribution in [0.15, 0.2) is 18.2 Å². The van der Waals surface area contributed by atoms with Gasteiger partial charge in [-0.2, -0.15) is 0 Å². The molecule has 2 aliphatic rings. The van der Waals surface area contributed by atoms with Crippen LogP contribution in [0.25, 0.3) is 0 Å². The lowest BCUT2D eigenvalue weighted by Crippen LogP contribution is -2.33. The molecule has 2 amide bonds. The van der Waals surface area contributed by atoms with Crippen LogP contribution in [0.4, 0.5) is 10.5 Å². The standard InChI is InChI=1S/C15H19N3O4/c1-10(19)17-7-13-8-18(15(20)22-13)12-2-3-14-11(6-12)4-5-16-9-21-14/h2-3,6,13,16H,4-5,7-9H2,1H3,(H,17,19). The van der Waals surface area contributed by atoms with E-state index in [1.165, 1.54) is 6.92 Å². The molecule has 1 fully saturated rings. The zero-order valence-electron chi connectivity index (χ0n) is 12.4. The van der Waals surface area contributed by atoms with Crippen molar-refractivity contribution in [3.05, 3.63) is 23.8 Å². The van der Waals surface area contributed by atoms with Gasteiger partial charge in [-0.05, 0) is 30.2 Å². The lowest BCUT2D eigenvalue weighted by atomic mass is 10.1. The fraction of sp³-hybridized carbons (Fsp3) is 0.467. The molecule has 1 aromatic carbocycles. The number of nitrogens with one attached hydrogen (secondary N) is 2. The van der Waals surface area contributed by atoms with Crippen LogP contribution in [0.3, 0.4) is 0 Å². The molecule has 0 bridgehead atoms. The summed E-state index contributed by atoms with van der Waals surface area (Å²) in [5.41, 5.74) is 1.86. The Bertz CT molecular complexity index is 590. The van der Waals surface area contributed by atoms with Crippen molar-refractivity contribution in [3.8, 4) is 5.75 Å². The van der Waals surface area contributed by atoms with Crippen LogP contribution in [0.1, 0.15) is 12.5 Å². The highest BCUT2D eigenvalue weighted by Gasteiger charge is 2.32. The lowest BCUT2D eigenvalue weighted by Gasteiger charge is -2.15. The summed E-state index contributed by atoms with van der Waals surface area (Å²) in [5.74, 6) is 0.709. The highest BCUT2D eigenvalue weighted by Crippen LogP contribution is 2.29. The summed E-state index contributed by atoms with van der Waals surface area (Å²) in [7, 11) is 0. The topological polar surface area (TPSA) is 79.9 Å². The molecule has 118 valence electrons. The summed E-state index contributed by atoms with van der Waals surface area (Å²) in [6, 6.07) is 5.70. The number of carbonyl (C=O) groups is 2. The number of nitrogens with zero attached hydrogens (tertiary/aromatic N) is 1. The number of hydrogen-bond donors (Lipinski definition) is 2. The summed E-state index contributed by atoms with van der Waals surface area (Å²) in [6.45, 7) is 3.53. The van der Waals surface area contributed by atoms with Gasteiger partial charge in [-0.25, -0.2) is 4.79 Å². The van der Waals surface area contributed by atoms with Gasteiger partial charge in [0.25, 0.3) is 0 Å². The first-order chi connectivity index (χ1) is 10.6. The number of benzene rings is 1. The summed E-state index contributed by atoms with van der Waals surface area (Å²) >= 11 is 0. The van der Waals surface area contributed by atoms with Crippen LogP contribution in [-0.2, 0) is 16.0 Å². The maximum Gasteiger partial charge on any atom is 0.414 e. The van der Waals surface area contributed by atoms with Gasteiger partial charge in [-0.3, -0.25) is 15.0 Å². The van der Waals surface area contributed by atoms with Gasteiger partial charge in [0.2, 0.25) is 5.91 Å². The molecular weight excluding hydrogens is 286 g/mol. The summed E-state index contributed by atoms with van der Waals surface area (Å²) in [4.78, 5) is 24.5. The molecule has 0 radical (unpaired) electrons. The summed E-state index contributed by atoms with van der Waals surface area (Å²) in [6.07, 6.45) is 0.137. The number of cyclic esters (lactones) is 1. The molecule has 0 spiro atoms. The van der Waals surface area contributed by atoms with Crippen LogP contribution in [-0.4, -0.2) is 44.5 Å². The Morgan fingerprint density at radius 2 is 2.36 bits per heavy atom. The average Bonchev–Trinajstić information content (AvgIpc) is 2.71. The van der Waals surface area contributed by atoms with Crippen molar-refractivity contribution in [1.29, 1.82) is 0 Å². The molecule has 2 heterocycles. The Kier molecular flexibility index (Phi) is 4.15. The van der Waals surface area contributed by atoms with Gasteiger partial charge in [0.05, 0.1) is 13.1 Å². The Morgan fingerprint density at radius 1 is 1.50 bits per heavy atom. The molecule has 2 aliphatic heterocycles. The second-order valence-corrected chi connectivity index (χ2v) is 5.38. The predicted molar refractivity (Wildman–Crippen MR) is 79.9 cm³/mol. The van der Waals surface area contributed by atoms with Gasteiger partial charge in [0.1, 0.15) is 18.6 Å². The van der Waals surface area contributed by atoms with Gasteiger partial charge in [-0.15, -0.1) is 0 Å². The van der Waals surface area contributed by atoms with E-state index in [4.69, 9.17) is 9.47 Å². The summed E-state index contributed by atoms with van der Waals surface area (Å²) in [5, 5.41) is 5.83. The van der Waals surface area contributed by atoms with E-state index >= 15 is 0 Å². The zero-order chi connectivity index (χ0) is 15.5. The minimum Gasteiger partial charge on any atom is -0.478 e. The smallest absolute Gasteiger partial charge is 0.414 e. The molecule has 0 aliphatic carbocycles. The third kappa shape index (κ3) is 3.14. The molecule has 1 unspecified atom stereocenters. The Morgan fingerprint density at radius 3 is 3.18 bits per heavy atom. The summed E-state index contributed by atoms with van der Waals surface area (Å²) < 4.78 is 10.9. The number of rotatable bonds is 3. The fourth-order valence-corrected chi connectivity index (χ4v) is 2.59. The van der Waals surface area contributed by atoms with Gasteiger partial charge in [0.15, 0.2) is 0 Å². The predicted octanol–water partition coefficient (Wildman–Crippen LogP) is 0.630. The minimum absolute atomic E-state index is 0.135. The average molecular weight is 305 g/mol. The largest absolute Gasteiger partial charge is 0.478 e. The number of fused-ring (bicyclic) bond motifs is 1. The number of anilines is 1. The van der Waals surface area contributed by atoms with E-state index in [1.807, 2.05) is 18.2 Å². The van der Waals surface area contributed by atoms with Crippen LogP contribution in [0.5, 0.6) is 5.75 Å². The van der Waals surface area contributed by atoms with Crippen molar-refractivity contribution in [2.24, 2.45) is 0 Å². The van der Waals surface area contributed by atoms with Crippen LogP contribution in [0, 0.1) is 0 Å². The van der Waals surface area contributed by atoms with Crippen molar-refractivity contribution < 1.29 is 19.1 Å². The quantitative estimate of drug-likeness (QED) is 0.856. The van der Waals surface area contributed by atoms with E-state index in [-0.39, 0.29) is 18.1 Å². The normalized spacial score (nSPS) is 20.7. The third-order valence-electron chi connectivity index (χ3n) is 3.71. The number of amides is 2. The number of hydrogen-bond acceptors (Lipinski definition) is 5. The molecule has 1 saturated heterocycles. The lowest BCUT2D eigenvalue weighted by molar-refractivity contribution is -0.119. The minimum atomic E-state index is -0.386. The van der Waals surface area contributed by atoms with Crippen LogP contribution < -0.4 is 20.3 Å². The number of carbonyl (C=O) groups excluding carboxylic acids is 2. The molecule has 2 N–H and O–H groups in total. The first-order valence-corrected chi connectivity index (χ1v) is 7.32.